The molecule has 0 aliphatic heterocycles. The minimum Gasteiger partial charge on any atom is -0.396 e. The van der Waals surface area contributed by atoms with Crippen LogP contribution in [0.25, 0.3) is 0 Å². The van der Waals surface area contributed by atoms with E-state index in [1.54, 1.807) is 24.3 Å². The number of sulfone groups is 1. The van der Waals surface area contributed by atoms with Crippen molar-refractivity contribution in [3.05, 3.63) is 30.3 Å². The molecule has 0 spiro atoms. The molecule has 1 aromatic rings. The molecule has 0 radical (unpaired) electrons. The highest BCUT2D eigenvalue weighted by atomic mass is 32.2. The fourth-order valence-electron chi connectivity index (χ4n) is 1.69. The third-order valence-corrected chi connectivity index (χ3v) is 4.60. The molecule has 1 atom stereocenters. The van der Waals surface area contributed by atoms with Gasteiger partial charge < -0.3 is 5.11 Å². The molecule has 0 aromatic heterocycles. The highest BCUT2D eigenvalue weighted by molar-refractivity contribution is 7.91. The lowest BCUT2D eigenvalue weighted by Gasteiger charge is -2.10. The van der Waals surface area contributed by atoms with Gasteiger partial charge in [0.2, 0.25) is 0 Å². The van der Waals surface area contributed by atoms with Gasteiger partial charge in [0.15, 0.2) is 9.84 Å². The van der Waals surface area contributed by atoms with Crippen molar-refractivity contribution in [3.63, 3.8) is 0 Å². The van der Waals surface area contributed by atoms with Crippen molar-refractivity contribution >= 4 is 9.84 Å². The van der Waals surface area contributed by atoms with Gasteiger partial charge in [-0.15, -0.1) is 0 Å². The van der Waals surface area contributed by atoms with Crippen LogP contribution in [0.5, 0.6) is 0 Å². The summed E-state index contributed by atoms with van der Waals surface area (Å²) in [6.07, 6.45) is 2.27. The predicted molar refractivity (Wildman–Crippen MR) is 68.6 cm³/mol. The zero-order valence-electron chi connectivity index (χ0n) is 10.2. The normalized spacial score (nSPS) is 13.5. The highest BCUT2D eigenvalue weighted by Gasteiger charge is 2.15. The Morgan fingerprint density at radius 3 is 2.41 bits per heavy atom. The summed E-state index contributed by atoms with van der Waals surface area (Å²) in [6.45, 7) is 2.20. The number of aliphatic hydroxyl groups is 1. The second-order valence-corrected chi connectivity index (χ2v) is 6.50. The average Bonchev–Trinajstić information content (AvgIpc) is 2.35. The summed E-state index contributed by atoms with van der Waals surface area (Å²) in [5.74, 6) is 0.518. The summed E-state index contributed by atoms with van der Waals surface area (Å²) in [4.78, 5) is 0.398. The number of hydrogen-bond donors (Lipinski definition) is 1. The van der Waals surface area contributed by atoms with Crippen molar-refractivity contribution in [2.75, 3.05) is 12.4 Å². The van der Waals surface area contributed by atoms with E-state index in [9.17, 15) is 8.42 Å². The van der Waals surface area contributed by atoms with Gasteiger partial charge in [-0.2, -0.15) is 0 Å². The van der Waals surface area contributed by atoms with Gasteiger partial charge in [0.25, 0.3) is 0 Å². The van der Waals surface area contributed by atoms with E-state index in [2.05, 4.69) is 0 Å². The van der Waals surface area contributed by atoms with E-state index in [4.69, 9.17) is 5.11 Å². The Bertz CT molecular complexity index is 412. The van der Waals surface area contributed by atoms with Crippen LogP contribution in [0, 0.1) is 5.92 Å². The maximum Gasteiger partial charge on any atom is 0.178 e. The van der Waals surface area contributed by atoms with E-state index in [1.807, 2.05) is 13.0 Å². The summed E-state index contributed by atoms with van der Waals surface area (Å²) >= 11 is 0. The van der Waals surface area contributed by atoms with Gasteiger partial charge in [0.1, 0.15) is 0 Å². The van der Waals surface area contributed by atoms with Crippen molar-refractivity contribution in [1.29, 1.82) is 0 Å². The lowest BCUT2D eigenvalue weighted by Crippen LogP contribution is -2.10. The lowest BCUT2D eigenvalue weighted by molar-refractivity contribution is 0.273. The van der Waals surface area contributed by atoms with Gasteiger partial charge in [-0.05, 0) is 37.3 Å². The van der Waals surface area contributed by atoms with E-state index >= 15 is 0 Å². The van der Waals surface area contributed by atoms with Crippen LogP contribution in [-0.4, -0.2) is 25.9 Å². The minimum atomic E-state index is -3.14. The molecule has 1 aromatic carbocycles. The molecule has 0 aliphatic carbocycles. The van der Waals surface area contributed by atoms with Crippen molar-refractivity contribution in [3.8, 4) is 0 Å². The predicted octanol–water partition coefficient (Wildman–Crippen LogP) is 2.26. The van der Waals surface area contributed by atoms with E-state index < -0.39 is 9.84 Å². The molecular formula is C13H20O3S. The van der Waals surface area contributed by atoms with E-state index in [0.717, 1.165) is 12.8 Å². The standard InChI is InChI=1S/C13H20O3S/c1-12(6-5-10-14)9-11-17(15,16)13-7-3-2-4-8-13/h2-4,7-8,12,14H,5-6,9-11H2,1H3. The van der Waals surface area contributed by atoms with Crippen molar-refractivity contribution in [2.45, 2.75) is 31.1 Å². The third kappa shape index (κ3) is 4.88. The maximum absolute atomic E-state index is 12.0. The molecule has 3 nitrogen and oxygen atoms in total. The van der Waals surface area contributed by atoms with E-state index in [1.165, 1.54) is 0 Å². The first-order chi connectivity index (χ1) is 8.06. The summed E-state index contributed by atoms with van der Waals surface area (Å²) < 4.78 is 23.9. The molecule has 0 aliphatic rings. The second kappa shape index (κ2) is 6.77. The molecule has 1 unspecified atom stereocenters. The SMILES string of the molecule is CC(CCCO)CCS(=O)(=O)c1ccccc1. The Labute approximate surface area is 103 Å². The molecule has 0 heterocycles. The zero-order valence-corrected chi connectivity index (χ0v) is 11.0. The molecule has 0 saturated heterocycles. The Balaban J connectivity index is 2.51. The molecule has 1 rings (SSSR count). The van der Waals surface area contributed by atoms with Crippen LogP contribution >= 0.6 is 0 Å². The van der Waals surface area contributed by atoms with Gasteiger partial charge >= 0.3 is 0 Å². The van der Waals surface area contributed by atoms with Gasteiger partial charge in [0, 0.05) is 6.61 Å². The Morgan fingerprint density at radius 2 is 1.82 bits per heavy atom. The number of aliphatic hydroxyl groups excluding tert-OH is 1. The van der Waals surface area contributed by atoms with Crippen molar-refractivity contribution in [2.24, 2.45) is 5.92 Å². The average molecular weight is 256 g/mol. The van der Waals surface area contributed by atoms with Gasteiger partial charge in [0.05, 0.1) is 10.6 Å². The number of benzene rings is 1. The fraction of sp³-hybridized carbons (Fsp3) is 0.538. The Hall–Kier alpha value is -0.870. The van der Waals surface area contributed by atoms with Crippen LogP contribution < -0.4 is 0 Å². The first-order valence-electron chi connectivity index (χ1n) is 5.95. The molecule has 0 saturated carbocycles. The summed E-state index contributed by atoms with van der Waals surface area (Å²) in [5.41, 5.74) is 0. The molecule has 17 heavy (non-hydrogen) atoms. The first kappa shape index (κ1) is 14.2. The van der Waals surface area contributed by atoms with Crippen molar-refractivity contribution in [1.82, 2.24) is 0 Å². The monoisotopic (exact) mass is 256 g/mol. The Morgan fingerprint density at radius 1 is 1.18 bits per heavy atom. The molecule has 0 bridgehead atoms. The van der Waals surface area contributed by atoms with E-state index in [-0.39, 0.29) is 12.4 Å². The van der Waals surface area contributed by atoms with Crippen LogP contribution in [0.15, 0.2) is 35.2 Å². The van der Waals surface area contributed by atoms with Crippen LogP contribution in [-0.2, 0) is 9.84 Å². The second-order valence-electron chi connectivity index (χ2n) is 4.39. The van der Waals surface area contributed by atoms with Gasteiger partial charge in [-0.3, -0.25) is 0 Å². The quantitative estimate of drug-likeness (QED) is 0.814. The number of hydrogen-bond acceptors (Lipinski definition) is 3. The molecule has 0 fully saturated rings. The lowest BCUT2D eigenvalue weighted by atomic mass is 10.0. The molecular weight excluding hydrogens is 236 g/mol. The molecule has 4 heteroatoms. The fourth-order valence-corrected chi connectivity index (χ4v) is 3.21. The molecule has 1 N–H and O–H groups in total. The van der Waals surface area contributed by atoms with Gasteiger partial charge in [-0.25, -0.2) is 8.42 Å². The van der Waals surface area contributed by atoms with Crippen LogP contribution in [0.1, 0.15) is 26.2 Å². The summed E-state index contributed by atoms with van der Waals surface area (Å²) in [7, 11) is -3.14. The molecule has 0 amide bonds. The van der Waals surface area contributed by atoms with Crippen LogP contribution in [0.4, 0.5) is 0 Å². The summed E-state index contributed by atoms with van der Waals surface area (Å²) in [6, 6.07) is 8.55. The zero-order chi connectivity index (χ0) is 12.7. The summed E-state index contributed by atoms with van der Waals surface area (Å²) in [5, 5.41) is 8.70. The first-order valence-corrected chi connectivity index (χ1v) is 7.60. The number of rotatable bonds is 7. The van der Waals surface area contributed by atoms with E-state index in [0.29, 0.717) is 17.2 Å². The van der Waals surface area contributed by atoms with Crippen molar-refractivity contribution < 1.29 is 13.5 Å². The largest absolute Gasteiger partial charge is 0.396 e. The van der Waals surface area contributed by atoms with Crippen LogP contribution in [0.2, 0.25) is 0 Å². The van der Waals surface area contributed by atoms with Crippen LogP contribution in [0.3, 0.4) is 0 Å². The van der Waals surface area contributed by atoms with Gasteiger partial charge in [-0.1, -0.05) is 25.1 Å². The topological polar surface area (TPSA) is 54.4 Å². The third-order valence-electron chi connectivity index (χ3n) is 2.84. The maximum atomic E-state index is 12.0. The minimum absolute atomic E-state index is 0.176. The molecule has 96 valence electrons. The highest BCUT2D eigenvalue weighted by Crippen LogP contribution is 2.16. The Kier molecular flexibility index (Phi) is 5.65. The smallest absolute Gasteiger partial charge is 0.178 e.